The smallest absolute Gasteiger partial charge is 0.387 e. The minimum Gasteiger partial charge on any atom is -0.497 e. The lowest BCUT2D eigenvalue weighted by atomic mass is 10.1. The number of carbonyl (C=O) groups excluding carboxylic acids is 1. The van der Waals surface area contributed by atoms with Gasteiger partial charge in [0.25, 0.3) is 0 Å². The van der Waals surface area contributed by atoms with Gasteiger partial charge in [-0.2, -0.15) is 8.78 Å². The van der Waals surface area contributed by atoms with Crippen molar-refractivity contribution in [3.05, 3.63) is 59.7 Å². The van der Waals surface area contributed by atoms with Crippen molar-refractivity contribution >= 4 is 5.91 Å². The van der Waals surface area contributed by atoms with Gasteiger partial charge in [-0.15, -0.1) is 0 Å². The van der Waals surface area contributed by atoms with Crippen LogP contribution in [0.15, 0.2) is 48.5 Å². The molecule has 0 bridgehead atoms. The van der Waals surface area contributed by atoms with Crippen LogP contribution in [0.4, 0.5) is 8.78 Å². The standard InChI is InChI=1S/C18H20F2N2O3/c1-24-14-7-8-16(25-18(19)20)13(10-14)11-22-17(23)15(21)9-12-5-3-2-4-6-12/h2-8,10,15,18H,9,11,21H2,1H3,(H,22,23)/t15-/m0/s1. The zero-order valence-electron chi connectivity index (χ0n) is 13.7. The molecule has 2 rings (SSSR count). The minimum atomic E-state index is -2.96. The third-order valence-corrected chi connectivity index (χ3v) is 3.57. The molecule has 0 aliphatic heterocycles. The zero-order chi connectivity index (χ0) is 18.2. The molecule has 134 valence electrons. The maximum absolute atomic E-state index is 12.5. The lowest BCUT2D eigenvalue weighted by Gasteiger charge is -2.15. The molecule has 5 nitrogen and oxygen atoms in total. The first-order valence-electron chi connectivity index (χ1n) is 7.68. The molecule has 0 aliphatic carbocycles. The number of nitrogens with one attached hydrogen (secondary N) is 1. The number of halogens is 2. The Hall–Kier alpha value is -2.67. The van der Waals surface area contributed by atoms with Crippen LogP contribution in [-0.4, -0.2) is 25.7 Å². The summed E-state index contributed by atoms with van der Waals surface area (Å²) in [5.74, 6) is 0.0712. The topological polar surface area (TPSA) is 73.6 Å². The number of rotatable bonds is 8. The van der Waals surface area contributed by atoms with Gasteiger partial charge in [-0.05, 0) is 30.2 Å². The summed E-state index contributed by atoms with van der Waals surface area (Å²) in [6.45, 7) is -2.95. The van der Waals surface area contributed by atoms with E-state index in [1.807, 2.05) is 30.3 Å². The first-order valence-corrected chi connectivity index (χ1v) is 7.68. The number of carbonyl (C=O) groups is 1. The van der Waals surface area contributed by atoms with E-state index in [-0.39, 0.29) is 18.2 Å². The molecular weight excluding hydrogens is 330 g/mol. The Labute approximate surface area is 144 Å². The van der Waals surface area contributed by atoms with E-state index in [9.17, 15) is 13.6 Å². The number of methoxy groups -OCH3 is 1. The Morgan fingerprint density at radius 3 is 2.56 bits per heavy atom. The Kier molecular flexibility index (Phi) is 6.71. The molecular formula is C18H20F2N2O3. The predicted octanol–water partition coefficient (Wildman–Crippen LogP) is 2.48. The lowest BCUT2D eigenvalue weighted by Crippen LogP contribution is -2.41. The number of nitrogens with two attached hydrogens (primary N) is 1. The molecule has 2 aromatic rings. The maximum atomic E-state index is 12.5. The number of hydrogen-bond donors (Lipinski definition) is 2. The number of benzene rings is 2. The molecule has 25 heavy (non-hydrogen) atoms. The van der Waals surface area contributed by atoms with Crippen LogP contribution < -0.4 is 20.5 Å². The van der Waals surface area contributed by atoms with E-state index in [0.717, 1.165) is 5.56 Å². The summed E-state index contributed by atoms with van der Waals surface area (Å²) in [4.78, 5) is 12.2. The average molecular weight is 350 g/mol. The van der Waals surface area contributed by atoms with E-state index in [2.05, 4.69) is 10.1 Å². The maximum Gasteiger partial charge on any atom is 0.387 e. The van der Waals surface area contributed by atoms with Crippen molar-refractivity contribution in [2.45, 2.75) is 25.6 Å². The zero-order valence-corrected chi connectivity index (χ0v) is 13.7. The van der Waals surface area contributed by atoms with Gasteiger partial charge in [0.05, 0.1) is 13.2 Å². The summed E-state index contributed by atoms with van der Waals surface area (Å²) in [5.41, 5.74) is 7.21. The van der Waals surface area contributed by atoms with E-state index >= 15 is 0 Å². The van der Waals surface area contributed by atoms with Crippen molar-refractivity contribution in [1.82, 2.24) is 5.32 Å². The Bertz CT molecular complexity index is 696. The molecule has 0 saturated heterocycles. The molecule has 0 aromatic heterocycles. The third kappa shape index (κ3) is 5.72. The minimum absolute atomic E-state index is 0.000572. The molecule has 0 fully saturated rings. The van der Waals surface area contributed by atoms with Crippen LogP contribution in [0.2, 0.25) is 0 Å². The largest absolute Gasteiger partial charge is 0.497 e. The van der Waals surface area contributed by atoms with E-state index in [1.54, 1.807) is 0 Å². The normalized spacial score (nSPS) is 11.9. The number of hydrogen-bond acceptors (Lipinski definition) is 4. The highest BCUT2D eigenvalue weighted by molar-refractivity contribution is 5.81. The Balaban J connectivity index is 2.00. The van der Waals surface area contributed by atoms with Gasteiger partial charge in [-0.3, -0.25) is 4.79 Å². The first kappa shape index (κ1) is 18.7. The van der Waals surface area contributed by atoms with Crippen LogP contribution in [0.1, 0.15) is 11.1 Å². The second-order valence-corrected chi connectivity index (χ2v) is 5.37. The first-order chi connectivity index (χ1) is 12.0. The summed E-state index contributed by atoms with van der Waals surface area (Å²) in [6, 6.07) is 13.0. The Morgan fingerprint density at radius 1 is 1.20 bits per heavy atom. The molecule has 1 amide bonds. The highest BCUT2D eigenvalue weighted by atomic mass is 19.3. The van der Waals surface area contributed by atoms with Crippen LogP contribution in [0.25, 0.3) is 0 Å². The molecule has 0 saturated carbocycles. The van der Waals surface area contributed by atoms with Gasteiger partial charge in [-0.1, -0.05) is 30.3 Å². The van der Waals surface area contributed by atoms with Crippen molar-refractivity contribution < 1.29 is 23.0 Å². The third-order valence-electron chi connectivity index (χ3n) is 3.57. The van der Waals surface area contributed by atoms with Crippen LogP contribution in [-0.2, 0) is 17.8 Å². The quantitative estimate of drug-likeness (QED) is 0.767. The van der Waals surface area contributed by atoms with Gasteiger partial charge in [-0.25, -0.2) is 0 Å². The van der Waals surface area contributed by atoms with E-state index in [1.165, 1.54) is 25.3 Å². The van der Waals surface area contributed by atoms with Crippen LogP contribution in [0, 0.1) is 0 Å². The average Bonchev–Trinajstić information content (AvgIpc) is 2.61. The van der Waals surface area contributed by atoms with Gasteiger partial charge < -0.3 is 20.5 Å². The molecule has 1 atom stereocenters. The summed E-state index contributed by atoms with van der Waals surface area (Å²) >= 11 is 0. The highest BCUT2D eigenvalue weighted by Gasteiger charge is 2.16. The van der Waals surface area contributed by atoms with Crippen LogP contribution >= 0.6 is 0 Å². The monoisotopic (exact) mass is 350 g/mol. The van der Waals surface area contributed by atoms with Gasteiger partial charge in [0, 0.05) is 12.1 Å². The molecule has 3 N–H and O–H groups in total. The summed E-state index contributed by atoms with van der Waals surface area (Å²) in [6.07, 6.45) is 0.380. The lowest BCUT2D eigenvalue weighted by molar-refractivity contribution is -0.122. The number of alkyl halides is 2. The molecule has 0 radical (unpaired) electrons. The molecule has 0 heterocycles. The van der Waals surface area contributed by atoms with Gasteiger partial charge in [0.2, 0.25) is 5.91 Å². The van der Waals surface area contributed by atoms with Crippen LogP contribution in [0.3, 0.4) is 0 Å². The molecule has 2 aromatic carbocycles. The van der Waals surface area contributed by atoms with E-state index < -0.39 is 12.7 Å². The van der Waals surface area contributed by atoms with E-state index in [4.69, 9.17) is 10.5 Å². The molecule has 7 heteroatoms. The second-order valence-electron chi connectivity index (χ2n) is 5.37. The number of amides is 1. The van der Waals surface area contributed by atoms with Gasteiger partial charge in [0.15, 0.2) is 0 Å². The van der Waals surface area contributed by atoms with Gasteiger partial charge >= 0.3 is 6.61 Å². The van der Waals surface area contributed by atoms with Crippen molar-refractivity contribution in [2.24, 2.45) is 5.73 Å². The molecule has 0 aliphatic rings. The predicted molar refractivity (Wildman–Crippen MR) is 89.6 cm³/mol. The van der Waals surface area contributed by atoms with Crippen molar-refractivity contribution in [1.29, 1.82) is 0 Å². The fourth-order valence-corrected chi connectivity index (χ4v) is 2.31. The van der Waals surface area contributed by atoms with E-state index in [0.29, 0.717) is 17.7 Å². The SMILES string of the molecule is COc1ccc(OC(F)F)c(CNC(=O)[C@@H](N)Cc2ccccc2)c1. The Morgan fingerprint density at radius 2 is 1.92 bits per heavy atom. The fraction of sp³-hybridized carbons (Fsp3) is 0.278. The molecule has 0 spiro atoms. The van der Waals surface area contributed by atoms with Crippen molar-refractivity contribution in [3.63, 3.8) is 0 Å². The number of ether oxygens (including phenoxy) is 2. The van der Waals surface area contributed by atoms with Gasteiger partial charge in [0.1, 0.15) is 11.5 Å². The van der Waals surface area contributed by atoms with Crippen molar-refractivity contribution in [2.75, 3.05) is 7.11 Å². The summed E-state index contributed by atoms with van der Waals surface area (Å²) in [5, 5.41) is 2.64. The van der Waals surface area contributed by atoms with Crippen molar-refractivity contribution in [3.8, 4) is 11.5 Å². The molecule has 0 unspecified atom stereocenters. The van der Waals surface area contributed by atoms with Crippen LogP contribution in [0.5, 0.6) is 11.5 Å². The summed E-state index contributed by atoms with van der Waals surface area (Å²) in [7, 11) is 1.46. The fourth-order valence-electron chi connectivity index (χ4n) is 2.31. The summed E-state index contributed by atoms with van der Waals surface area (Å²) < 4.78 is 34.5. The highest BCUT2D eigenvalue weighted by Crippen LogP contribution is 2.25. The second kappa shape index (κ2) is 8.98.